The molecule has 7 heteroatoms. The zero-order valence-electron chi connectivity index (χ0n) is 12.5. The van der Waals surface area contributed by atoms with Crippen LogP contribution >= 0.6 is 0 Å². The van der Waals surface area contributed by atoms with Gasteiger partial charge in [0.05, 0.1) is 12.7 Å². The van der Waals surface area contributed by atoms with Crippen LogP contribution in [0.2, 0.25) is 0 Å². The van der Waals surface area contributed by atoms with E-state index in [-0.39, 0.29) is 12.1 Å². The van der Waals surface area contributed by atoms with E-state index in [1.165, 1.54) is 0 Å². The van der Waals surface area contributed by atoms with Gasteiger partial charge < -0.3 is 4.90 Å². The lowest BCUT2D eigenvalue weighted by molar-refractivity contribution is -0.153. The second kappa shape index (κ2) is 5.33. The van der Waals surface area contributed by atoms with E-state index in [0.717, 1.165) is 29.4 Å². The Hall–Kier alpha value is -1.89. The van der Waals surface area contributed by atoms with Crippen molar-refractivity contribution in [2.24, 2.45) is 0 Å². The first-order valence-electron chi connectivity index (χ1n) is 7.79. The van der Waals surface area contributed by atoms with Gasteiger partial charge in [-0.25, -0.2) is 0 Å². The van der Waals surface area contributed by atoms with E-state index in [1.807, 2.05) is 24.3 Å². The van der Waals surface area contributed by atoms with Gasteiger partial charge in [-0.1, -0.05) is 24.3 Å². The summed E-state index contributed by atoms with van der Waals surface area (Å²) in [4.78, 5) is 3.72. The summed E-state index contributed by atoms with van der Waals surface area (Å²) in [5.74, 6) is 0.784. The highest BCUT2D eigenvalue weighted by Gasteiger charge is 2.45. The smallest absolute Gasteiger partial charge is 0.351 e. The molecule has 4 nitrogen and oxygen atoms in total. The molecule has 2 aliphatic rings. The third-order valence-corrected chi connectivity index (χ3v) is 4.85. The largest absolute Gasteiger partial charge is 0.401 e. The van der Waals surface area contributed by atoms with Crippen molar-refractivity contribution >= 4 is 16.6 Å². The van der Waals surface area contributed by atoms with E-state index in [0.29, 0.717) is 13.1 Å². The lowest BCUT2D eigenvalue weighted by Crippen LogP contribution is -2.56. The van der Waals surface area contributed by atoms with Crippen molar-refractivity contribution in [2.75, 3.05) is 24.5 Å². The molecule has 3 heterocycles. The van der Waals surface area contributed by atoms with Gasteiger partial charge in [0.25, 0.3) is 0 Å². The maximum absolute atomic E-state index is 12.8. The van der Waals surface area contributed by atoms with E-state index >= 15 is 0 Å². The van der Waals surface area contributed by atoms with E-state index in [9.17, 15) is 13.2 Å². The Labute approximate surface area is 131 Å². The topological polar surface area (TPSA) is 32.3 Å². The average molecular weight is 322 g/mol. The molecule has 122 valence electrons. The maximum Gasteiger partial charge on any atom is 0.401 e. The number of hydrogen-bond acceptors (Lipinski definition) is 4. The Morgan fingerprint density at radius 2 is 1.78 bits per heavy atom. The molecule has 2 aromatic rings. The minimum atomic E-state index is -4.14. The number of anilines is 1. The molecule has 2 fully saturated rings. The fourth-order valence-corrected chi connectivity index (χ4v) is 3.87. The van der Waals surface area contributed by atoms with Crippen molar-refractivity contribution in [3.05, 3.63) is 30.5 Å². The van der Waals surface area contributed by atoms with E-state index in [1.54, 1.807) is 11.1 Å². The molecule has 2 atom stereocenters. The van der Waals surface area contributed by atoms with Gasteiger partial charge in [0.15, 0.2) is 5.82 Å². The molecule has 0 spiro atoms. The summed E-state index contributed by atoms with van der Waals surface area (Å²) in [5, 5.41) is 10.3. The number of benzene rings is 1. The molecular formula is C16H17F3N4. The van der Waals surface area contributed by atoms with Crippen LogP contribution < -0.4 is 4.90 Å². The monoisotopic (exact) mass is 322 g/mol. The number of piperazine rings is 1. The van der Waals surface area contributed by atoms with E-state index in [4.69, 9.17) is 0 Å². The second-order valence-electron chi connectivity index (χ2n) is 6.33. The highest BCUT2D eigenvalue weighted by molar-refractivity contribution is 5.91. The van der Waals surface area contributed by atoms with Crippen molar-refractivity contribution in [1.29, 1.82) is 0 Å². The molecule has 0 saturated carbocycles. The summed E-state index contributed by atoms with van der Waals surface area (Å²) < 4.78 is 38.3. The molecular weight excluding hydrogens is 305 g/mol. The van der Waals surface area contributed by atoms with Gasteiger partial charge in [-0.05, 0) is 12.8 Å². The van der Waals surface area contributed by atoms with Gasteiger partial charge in [-0.3, -0.25) is 4.90 Å². The summed E-state index contributed by atoms with van der Waals surface area (Å²) in [5.41, 5.74) is 0. The molecule has 0 N–H and O–H groups in total. The van der Waals surface area contributed by atoms with Gasteiger partial charge in [-0.2, -0.15) is 18.3 Å². The Kier molecular flexibility index (Phi) is 3.41. The highest BCUT2D eigenvalue weighted by atomic mass is 19.4. The molecule has 0 radical (unpaired) electrons. The van der Waals surface area contributed by atoms with Gasteiger partial charge in [-0.15, -0.1) is 5.10 Å². The Balaban J connectivity index is 1.61. The molecule has 2 unspecified atom stereocenters. The predicted octanol–water partition coefficient (Wildman–Crippen LogP) is 2.85. The summed E-state index contributed by atoms with van der Waals surface area (Å²) in [6.45, 7) is 0.349. The van der Waals surface area contributed by atoms with Crippen molar-refractivity contribution < 1.29 is 13.2 Å². The molecule has 4 rings (SSSR count). The lowest BCUT2D eigenvalue weighted by Gasteiger charge is -2.41. The predicted molar refractivity (Wildman–Crippen MR) is 81.3 cm³/mol. The maximum atomic E-state index is 12.8. The van der Waals surface area contributed by atoms with Crippen LogP contribution in [-0.4, -0.2) is 53.0 Å². The van der Waals surface area contributed by atoms with Crippen molar-refractivity contribution in [1.82, 2.24) is 15.1 Å². The molecule has 0 amide bonds. The molecule has 23 heavy (non-hydrogen) atoms. The lowest BCUT2D eigenvalue weighted by atomic mass is 10.1. The Morgan fingerprint density at radius 1 is 1.09 bits per heavy atom. The standard InChI is InChI=1S/C16H17F3N4/c17-16(18,19)10-23-12-5-6-13(23)9-22(8-12)15-14-4-2-1-3-11(14)7-20-21-15/h1-4,7,12-13H,5-6,8-10H2. The van der Waals surface area contributed by atoms with Crippen LogP contribution in [0.25, 0.3) is 10.8 Å². The quantitative estimate of drug-likeness (QED) is 0.851. The van der Waals surface area contributed by atoms with Crippen molar-refractivity contribution in [2.45, 2.75) is 31.1 Å². The van der Waals surface area contributed by atoms with Crippen LogP contribution in [0.4, 0.5) is 19.0 Å². The normalized spacial score (nSPS) is 25.3. The summed E-state index contributed by atoms with van der Waals surface area (Å²) in [6.07, 6.45) is -0.791. The fourth-order valence-electron chi connectivity index (χ4n) is 3.87. The highest BCUT2D eigenvalue weighted by Crippen LogP contribution is 2.35. The number of nitrogens with zero attached hydrogens (tertiary/aromatic N) is 4. The first-order valence-corrected chi connectivity index (χ1v) is 7.79. The number of alkyl halides is 3. The van der Waals surface area contributed by atoms with Gasteiger partial charge in [0.1, 0.15) is 0 Å². The first-order chi connectivity index (χ1) is 11.0. The zero-order chi connectivity index (χ0) is 16.0. The fraction of sp³-hybridized carbons (Fsp3) is 0.500. The van der Waals surface area contributed by atoms with Crippen molar-refractivity contribution in [3.8, 4) is 0 Å². The van der Waals surface area contributed by atoms with E-state index < -0.39 is 12.7 Å². The summed E-state index contributed by atoms with van der Waals surface area (Å²) in [7, 11) is 0. The van der Waals surface area contributed by atoms with Crippen molar-refractivity contribution in [3.63, 3.8) is 0 Å². The summed E-state index contributed by atoms with van der Waals surface area (Å²) >= 11 is 0. The van der Waals surface area contributed by atoms with Crippen LogP contribution in [0.3, 0.4) is 0 Å². The second-order valence-corrected chi connectivity index (χ2v) is 6.33. The third-order valence-electron chi connectivity index (χ3n) is 4.85. The Bertz CT molecular complexity index is 699. The number of halogens is 3. The van der Waals surface area contributed by atoms with Crippen LogP contribution in [-0.2, 0) is 0 Å². The summed E-state index contributed by atoms with van der Waals surface area (Å²) in [6, 6.07) is 7.74. The van der Waals surface area contributed by atoms with Gasteiger partial charge in [0.2, 0.25) is 0 Å². The molecule has 1 aromatic carbocycles. The minimum absolute atomic E-state index is 0.0591. The van der Waals surface area contributed by atoms with Crippen LogP contribution in [0.5, 0.6) is 0 Å². The minimum Gasteiger partial charge on any atom is -0.351 e. The SMILES string of the molecule is FC(F)(F)CN1C2CCC1CN(c1nncc3ccccc13)C2. The average Bonchev–Trinajstić information content (AvgIpc) is 2.74. The molecule has 0 aliphatic carbocycles. The number of aromatic nitrogens is 2. The zero-order valence-corrected chi connectivity index (χ0v) is 12.5. The molecule has 2 saturated heterocycles. The van der Waals surface area contributed by atoms with Gasteiger partial charge >= 0.3 is 6.18 Å². The molecule has 1 aromatic heterocycles. The van der Waals surface area contributed by atoms with Crippen LogP contribution in [0, 0.1) is 0 Å². The van der Waals surface area contributed by atoms with E-state index in [2.05, 4.69) is 15.1 Å². The molecule has 2 bridgehead atoms. The molecule has 2 aliphatic heterocycles. The van der Waals surface area contributed by atoms with Gasteiger partial charge in [0, 0.05) is 35.9 Å². The third kappa shape index (κ3) is 2.73. The number of hydrogen-bond donors (Lipinski definition) is 0. The Morgan fingerprint density at radius 3 is 2.48 bits per heavy atom. The van der Waals surface area contributed by atoms with Crippen LogP contribution in [0.1, 0.15) is 12.8 Å². The first kappa shape index (κ1) is 14.7. The van der Waals surface area contributed by atoms with Crippen LogP contribution in [0.15, 0.2) is 30.5 Å². The number of rotatable bonds is 2. The number of fused-ring (bicyclic) bond motifs is 3.